The van der Waals surface area contributed by atoms with E-state index in [4.69, 9.17) is 11.6 Å². The van der Waals surface area contributed by atoms with Crippen molar-refractivity contribution in [1.29, 1.82) is 0 Å². The molecule has 1 amide bonds. The maximum Gasteiger partial charge on any atom is 0.263 e. The van der Waals surface area contributed by atoms with Gasteiger partial charge < -0.3 is 4.90 Å². The van der Waals surface area contributed by atoms with Crippen LogP contribution in [0.5, 0.6) is 0 Å². The zero-order valence-electron chi connectivity index (χ0n) is 8.32. The molecule has 0 saturated heterocycles. The van der Waals surface area contributed by atoms with E-state index in [2.05, 4.69) is 4.98 Å². The molecule has 0 aliphatic rings. The monoisotopic (exact) mass is 240 g/mol. The average molecular weight is 241 g/mol. The first-order valence-corrected chi connectivity index (χ1v) is 5.55. The van der Waals surface area contributed by atoms with E-state index >= 15 is 0 Å². The molecule has 2 heterocycles. The lowest BCUT2D eigenvalue weighted by molar-refractivity contribution is 0.0832. The van der Waals surface area contributed by atoms with E-state index in [1.807, 2.05) is 0 Å². The molecule has 0 saturated carbocycles. The van der Waals surface area contributed by atoms with Crippen molar-refractivity contribution in [2.24, 2.45) is 0 Å². The van der Waals surface area contributed by atoms with Crippen molar-refractivity contribution in [3.8, 4) is 0 Å². The molecule has 0 aromatic carbocycles. The van der Waals surface area contributed by atoms with E-state index in [0.29, 0.717) is 9.90 Å². The van der Waals surface area contributed by atoms with Crippen LogP contribution in [0.15, 0.2) is 18.3 Å². The van der Waals surface area contributed by atoms with Crippen LogP contribution in [0.1, 0.15) is 9.67 Å². The molecular formula is C10H9ClN2OS. The molecule has 2 aromatic heterocycles. The van der Waals surface area contributed by atoms with Crippen LogP contribution in [-0.4, -0.2) is 29.9 Å². The number of hydrogen-bond acceptors (Lipinski definition) is 3. The first-order valence-electron chi connectivity index (χ1n) is 4.35. The number of carbonyl (C=O) groups excluding carboxylic acids is 1. The van der Waals surface area contributed by atoms with Gasteiger partial charge in [-0.15, -0.1) is 11.3 Å². The highest BCUT2D eigenvalue weighted by atomic mass is 35.5. The molecule has 0 unspecified atom stereocenters. The van der Waals surface area contributed by atoms with Gasteiger partial charge in [-0.05, 0) is 12.1 Å². The van der Waals surface area contributed by atoms with Crippen LogP contribution < -0.4 is 0 Å². The topological polar surface area (TPSA) is 33.2 Å². The smallest absolute Gasteiger partial charge is 0.263 e. The number of rotatable bonds is 1. The Morgan fingerprint density at radius 1 is 1.53 bits per heavy atom. The van der Waals surface area contributed by atoms with Crippen molar-refractivity contribution in [3.63, 3.8) is 0 Å². The largest absolute Gasteiger partial charge is 0.344 e. The van der Waals surface area contributed by atoms with Gasteiger partial charge in [0.2, 0.25) is 0 Å². The third-order valence-corrected chi connectivity index (χ3v) is 3.55. The molecule has 0 atom stereocenters. The second kappa shape index (κ2) is 3.79. The van der Waals surface area contributed by atoms with Crippen LogP contribution in [-0.2, 0) is 0 Å². The molecule has 0 N–H and O–H groups in total. The molecule has 0 bridgehead atoms. The number of amides is 1. The molecule has 3 nitrogen and oxygen atoms in total. The van der Waals surface area contributed by atoms with Crippen LogP contribution in [0, 0.1) is 0 Å². The molecule has 0 aliphatic heterocycles. The summed E-state index contributed by atoms with van der Waals surface area (Å²) in [6, 6.07) is 3.50. The van der Waals surface area contributed by atoms with E-state index in [1.54, 1.807) is 37.3 Å². The summed E-state index contributed by atoms with van der Waals surface area (Å²) in [5.74, 6) is -0.0194. The molecule has 5 heteroatoms. The van der Waals surface area contributed by atoms with Crippen molar-refractivity contribution in [3.05, 3.63) is 28.2 Å². The molecule has 78 valence electrons. The number of pyridine rings is 1. The highest BCUT2D eigenvalue weighted by Gasteiger charge is 2.13. The van der Waals surface area contributed by atoms with E-state index in [0.717, 1.165) is 10.2 Å². The Morgan fingerprint density at radius 3 is 2.87 bits per heavy atom. The quantitative estimate of drug-likeness (QED) is 0.768. The fourth-order valence-corrected chi connectivity index (χ4v) is 2.54. The van der Waals surface area contributed by atoms with Crippen LogP contribution in [0.3, 0.4) is 0 Å². The van der Waals surface area contributed by atoms with Gasteiger partial charge in [-0.25, -0.2) is 0 Å². The number of hydrogen-bond donors (Lipinski definition) is 0. The van der Waals surface area contributed by atoms with Crippen molar-refractivity contribution in [2.75, 3.05) is 14.1 Å². The van der Waals surface area contributed by atoms with Gasteiger partial charge in [0.05, 0.1) is 20.1 Å². The highest BCUT2D eigenvalue weighted by Crippen LogP contribution is 2.30. The summed E-state index contributed by atoms with van der Waals surface area (Å²) >= 11 is 7.37. The van der Waals surface area contributed by atoms with Gasteiger partial charge in [-0.3, -0.25) is 9.78 Å². The lowest BCUT2D eigenvalue weighted by Crippen LogP contribution is -2.20. The standard InChI is InChI=1S/C10H9ClN2OS/c1-13(2)10(14)8-5-7-9(15-8)6(11)3-4-12-7/h3-5H,1-2H3. The fraction of sp³-hybridized carbons (Fsp3) is 0.200. The average Bonchev–Trinajstić information content (AvgIpc) is 2.61. The Kier molecular flexibility index (Phi) is 2.63. The molecule has 2 rings (SSSR count). The van der Waals surface area contributed by atoms with Gasteiger partial charge in [0.25, 0.3) is 5.91 Å². The van der Waals surface area contributed by atoms with Gasteiger partial charge in [0.1, 0.15) is 0 Å². The summed E-state index contributed by atoms with van der Waals surface area (Å²) in [4.78, 5) is 18.1. The lowest BCUT2D eigenvalue weighted by Gasteiger charge is -2.06. The third kappa shape index (κ3) is 1.82. The van der Waals surface area contributed by atoms with E-state index in [9.17, 15) is 4.79 Å². The van der Waals surface area contributed by atoms with Crippen LogP contribution >= 0.6 is 22.9 Å². The Morgan fingerprint density at radius 2 is 2.27 bits per heavy atom. The zero-order valence-corrected chi connectivity index (χ0v) is 9.89. The molecule has 2 aromatic rings. The third-order valence-electron chi connectivity index (χ3n) is 1.98. The maximum atomic E-state index is 11.7. The first-order chi connectivity index (χ1) is 7.09. The lowest BCUT2D eigenvalue weighted by atomic mass is 10.3. The van der Waals surface area contributed by atoms with Gasteiger partial charge in [0.15, 0.2) is 0 Å². The molecule has 15 heavy (non-hydrogen) atoms. The first kappa shape index (κ1) is 10.4. The van der Waals surface area contributed by atoms with E-state index in [-0.39, 0.29) is 5.91 Å². The summed E-state index contributed by atoms with van der Waals surface area (Å²) < 4.78 is 0.865. The normalized spacial score (nSPS) is 10.6. The molecular weight excluding hydrogens is 232 g/mol. The van der Waals surface area contributed by atoms with Gasteiger partial charge in [0, 0.05) is 20.3 Å². The summed E-state index contributed by atoms with van der Waals surface area (Å²) in [5, 5.41) is 0.641. The number of halogens is 1. The van der Waals surface area contributed by atoms with Gasteiger partial charge >= 0.3 is 0 Å². The predicted octanol–water partition coefficient (Wildman–Crippen LogP) is 2.65. The molecule has 0 fully saturated rings. The van der Waals surface area contributed by atoms with Gasteiger partial charge in [-0.2, -0.15) is 0 Å². The van der Waals surface area contributed by atoms with Crippen molar-refractivity contribution < 1.29 is 4.79 Å². The Balaban J connectivity index is 2.57. The SMILES string of the molecule is CN(C)C(=O)c1cc2nccc(Cl)c2s1. The second-order valence-corrected chi connectivity index (χ2v) is 4.78. The minimum absolute atomic E-state index is 0.0194. The van der Waals surface area contributed by atoms with Crippen LogP contribution in [0.25, 0.3) is 10.2 Å². The minimum atomic E-state index is -0.0194. The molecule has 0 radical (unpaired) electrons. The minimum Gasteiger partial charge on any atom is -0.344 e. The highest BCUT2D eigenvalue weighted by molar-refractivity contribution is 7.21. The Labute approximate surface area is 96.3 Å². The van der Waals surface area contributed by atoms with Crippen molar-refractivity contribution in [2.45, 2.75) is 0 Å². The second-order valence-electron chi connectivity index (χ2n) is 3.32. The van der Waals surface area contributed by atoms with Gasteiger partial charge in [-0.1, -0.05) is 11.6 Å². The summed E-state index contributed by atoms with van der Waals surface area (Å²) in [6.07, 6.45) is 1.64. The Hall–Kier alpha value is -1.13. The number of aromatic nitrogens is 1. The molecule has 0 aliphatic carbocycles. The number of fused-ring (bicyclic) bond motifs is 1. The van der Waals surface area contributed by atoms with Crippen LogP contribution in [0.4, 0.5) is 0 Å². The Bertz CT molecular complexity index is 521. The fourth-order valence-electron chi connectivity index (χ4n) is 1.23. The van der Waals surface area contributed by atoms with Crippen LogP contribution in [0.2, 0.25) is 5.02 Å². The van der Waals surface area contributed by atoms with E-state index < -0.39 is 0 Å². The van der Waals surface area contributed by atoms with E-state index in [1.165, 1.54) is 11.3 Å². The zero-order chi connectivity index (χ0) is 11.0. The molecule has 0 spiro atoms. The van der Waals surface area contributed by atoms with Crippen molar-refractivity contribution >= 4 is 39.1 Å². The summed E-state index contributed by atoms with van der Waals surface area (Å²) in [7, 11) is 3.45. The van der Waals surface area contributed by atoms with Crippen molar-refractivity contribution in [1.82, 2.24) is 9.88 Å². The maximum absolute atomic E-state index is 11.7. The summed E-state index contributed by atoms with van der Waals surface area (Å²) in [6.45, 7) is 0. The number of carbonyl (C=O) groups is 1. The number of thiophene rings is 1. The summed E-state index contributed by atoms with van der Waals surface area (Å²) in [5.41, 5.74) is 0.776. The predicted molar refractivity (Wildman–Crippen MR) is 62.6 cm³/mol. The number of nitrogens with zero attached hydrogens (tertiary/aromatic N) is 2.